The van der Waals surface area contributed by atoms with E-state index in [9.17, 15) is 9.59 Å². The number of rotatable bonds is 4. The van der Waals surface area contributed by atoms with Crippen molar-refractivity contribution in [3.05, 3.63) is 47.9 Å². The minimum atomic E-state index is -0.539. The van der Waals surface area contributed by atoms with Gasteiger partial charge in [-0.15, -0.1) is 0 Å². The van der Waals surface area contributed by atoms with Gasteiger partial charge in [-0.25, -0.2) is 4.79 Å². The number of aromatic nitrogens is 3. The number of H-pyrrole nitrogens is 1. The average molecular weight is 309 g/mol. The van der Waals surface area contributed by atoms with Crippen LogP contribution in [0.25, 0.3) is 22.0 Å². The molecular weight excluding hydrogens is 294 g/mol. The lowest BCUT2D eigenvalue weighted by Crippen LogP contribution is -2.07. The number of ketones is 1. The van der Waals surface area contributed by atoms with Gasteiger partial charge in [0.2, 0.25) is 0 Å². The van der Waals surface area contributed by atoms with Crippen molar-refractivity contribution in [1.29, 1.82) is 0 Å². The number of fused-ring (bicyclic) bond motifs is 1. The molecule has 0 saturated heterocycles. The molecule has 0 atom stereocenters. The summed E-state index contributed by atoms with van der Waals surface area (Å²) >= 11 is 0. The molecule has 0 radical (unpaired) electrons. The summed E-state index contributed by atoms with van der Waals surface area (Å²) in [4.78, 5) is 28.4. The second-order valence-electron chi connectivity index (χ2n) is 4.97. The SMILES string of the molecule is CCOC(=O)c1[nH]nc(C(C)=O)c1-c1ccnc2ccccc12. The summed E-state index contributed by atoms with van der Waals surface area (Å²) in [6.45, 7) is 3.38. The molecule has 0 bridgehead atoms. The highest BCUT2D eigenvalue weighted by atomic mass is 16.5. The number of benzene rings is 1. The van der Waals surface area contributed by atoms with E-state index in [2.05, 4.69) is 15.2 Å². The fourth-order valence-corrected chi connectivity index (χ4v) is 2.52. The summed E-state index contributed by atoms with van der Waals surface area (Å²) in [7, 11) is 0. The van der Waals surface area contributed by atoms with Gasteiger partial charge in [0.15, 0.2) is 11.5 Å². The number of aromatic amines is 1. The number of hydrogen-bond acceptors (Lipinski definition) is 5. The molecule has 6 nitrogen and oxygen atoms in total. The summed E-state index contributed by atoms with van der Waals surface area (Å²) in [5.41, 5.74) is 2.33. The predicted octanol–water partition coefficient (Wildman–Crippen LogP) is 3.00. The lowest BCUT2D eigenvalue weighted by molar-refractivity contribution is 0.0520. The second-order valence-corrected chi connectivity index (χ2v) is 4.97. The zero-order valence-corrected chi connectivity index (χ0v) is 12.8. The quantitative estimate of drug-likeness (QED) is 0.591. The molecule has 6 heteroatoms. The second kappa shape index (κ2) is 6.00. The molecule has 0 aliphatic rings. The van der Waals surface area contributed by atoms with Gasteiger partial charge in [-0.05, 0) is 24.6 Å². The van der Waals surface area contributed by atoms with E-state index in [1.54, 1.807) is 19.2 Å². The van der Waals surface area contributed by atoms with Gasteiger partial charge < -0.3 is 4.74 Å². The lowest BCUT2D eigenvalue weighted by Gasteiger charge is -2.08. The summed E-state index contributed by atoms with van der Waals surface area (Å²) in [5.74, 6) is -0.768. The summed E-state index contributed by atoms with van der Waals surface area (Å²) in [6, 6.07) is 9.29. The summed E-state index contributed by atoms with van der Waals surface area (Å²) in [6.07, 6.45) is 1.64. The van der Waals surface area contributed by atoms with Crippen LogP contribution in [0, 0.1) is 0 Å². The van der Waals surface area contributed by atoms with Crippen LogP contribution in [0.2, 0.25) is 0 Å². The third-order valence-electron chi connectivity index (χ3n) is 3.50. The number of hydrogen-bond donors (Lipinski definition) is 1. The first-order chi connectivity index (χ1) is 11.1. The van der Waals surface area contributed by atoms with Crippen molar-refractivity contribution in [3.8, 4) is 11.1 Å². The summed E-state index contributed by atoms with van der Waals surface area (Å²) < 4.78 is 5.06. The maximum Gasteiger partial charge on any atom is 0.357 e. The molecule has 1 N–H and O–H groups in total. The van der Waals surface area contributed by atoms with Crippen LogP contribution in [-0.2, 0) is 4.74 Å². The number of nitrogens with one attached hydrogen (secondary N) is 1. The molecule has 0 aliphatic heterocycles. The third-order valence-corrected chi connectivity index (χ3v) is 3.50. The minimum Gasteiger partial charge on any atom is -0.461 e. The molecule has 0 amide bonds. The van der Waals surface area contributed by atoms with Crippen LogP contribution in [0.1, 0.15) is 34.8 Å². The first-order valence-electron chi connectivity index (χ1n) is 7.24. The summed E-state index contributed by atoms with van der Waals surface area (Å²) in [5, 5.41) is 7.48. The highest BCUT2D eigenvalue weighted by Crippen LogP contribution is 2.32. The largest absolute Gasteiger partial charge is 0.461 e. The van der Waals surface area contributed by atoms with Crippen LogP contribution >= 0.6 is 0 Å². The topological polar surface area (TPSA) is 84.9 Å². The van der Waals surface area contributed by atoms with E-state index in [-0.39, 0.29) is 23.8 Å². The van der Waals surface area contributed by atoms with Gasteiger partial charge in [-0.3, -0.25) is 14.9 Å². The zero-order chi connectivity index (χ0) is 16.4. The Labute approximate surface area is 132 Å². The van der Waals surface area contributed by atoms with Gasteiger partial charge in [0, 0.05) is 24.1 Å². The first-order valence-corrected chi connectivity index (χ1v) is 7.24. The number of carbonyl (C=O) groups is 2. The normalized spacial score (nSPS) is 10.7. The molecule has 23 heavy (non-hydrogen) atoms. The standard InChI is InChI=1S/C17H15N3O3/c1-3-23-17(22)16-14(15(10(2)21)19-20-16)12-8-9-18-13-7-5-4-6-11(12)13/h4-9H,3H2,1-2H3,(H,19,20). The number of para-hydroxylation sites is 1. The highest BCUT2D eigenvalue weighted by molar-refractivity contribution is 6.09. The van der Waals surface area contributed by atoms with Gasteiger partial charge in [0.1, 0.15) is 5.69 Å². The number of pyridine rings is 1. The molecule has 0 unspecified atom stereocenters. The van der Waals surface area contributed by atoms with Gasteiger partial charge in [-0.1, -0.05) is 18.2 Å². The Balaban J connectivity index is 2.30. The van der Waals surface area contributed by atoms with Crippen LogP contribution in [0.15, 0.2) is 36.5 Å². The first kappa shape index (κ1) is 14.9. The molecule has 0 spiro atoms. The average Bonchev–Trinajstić information content (AvgIpc) is 2.99. The Morgan fingerprint density at radius 3 is 2.74 bits per heavy atom. The van der Waals surface area contributed by atoms with E-state index in [1.807, 2.05) is 24.3 Å². The zero-order valence-electron chi connectivity index (χ0n) is 12.8. The fraction of sp³-hybridized carbons (Fsp3) is 0.176. The molecule has 3 rings (SSSR count). The maximum absolute atomic E-state index is 12.2. The Kier molecular flexibility index (Phi) is 3.89. The Morgan fingerprint density at radius 1 is 1.22 bits per heavy atom. The highest BCUT2D eigenvalue weighted by Gasteiger charge is 2.25. The molecule has 1 aromatic carbocycles. The molecular formula is C17H15N3O3. The van der Waals surface area contributed by atoms with E-state index < -0.39 is 5.97 Å². The van der Waals surface area contributed by atoms with Gasteiger partial charge in [0.25, 0.3) is 0 Å². The van der Waals surface area contributed by atoms with Crippen LogP contribution in [-0.4, -0.2) is 33.5 Å². The molecule has 2 heterocycles. The van der Waals surface area contributed by atoms with Crippen LogP contribution < -0.4 is 0 Å². The Morgan fingerprint density at radius 2 is 2.00 bits per heavy atom. The van der Waals surface area contributed by atoms with Crippen LogP contribution in [0.3, 0.4) is 0 Å². The number of Topliss-reactive ketones (excluding diaryl/α,β-unsaturated/α-hetero) is 1. The number of esters is 1. The number of ether oxygens (including phenoxy) is 1. The van der Waals surface area contributed by atoms with E-state index in [0.717, 1.165) is 16.5 Å². The van der Waals surface area contributed by atoms with E-state index >= 15 is 0 Å². The third kappa shape index (κ3) is 2.59. The van der Waals surface area contributed by atoms with Crippen molar-refractivity contribution >= 4 is 22.7 Å². The lowest BCUT2D eigenvalue weighted by atomic mass is 9.98. The molecule has 2 aromatic heterocycles. The maximum atomic E-state index is 12.2. The molecule has 3 aromatic rings. The van der Waals surface area contributed by atoms with E-state index in [4.69, 9.17) is 4.74 Å². The van der Waals surface area contributed by atoms with Crippen LogP contribution in [0.5, 0.6) is 0 Å². The smallest absolute Gasteiger partial charge is 0.357 e. The molecule has 0 saturated carbocycles. The van der Waals surface area contributed by atoms with E-state index in [0.29, 0.717) is 5.56 Å². The van der Waals surface area contributed by atoms with Crippen molar-refractivity contribution in [3.63, 3.8) is 0 Å². The van der Waals surface area contributed by atoms with Crippen molar-refractivity contribution < 1.29 is 14.3 Å². The Bertz CT molecular complexity index is 894. The van der Waals surface area contributed by atoms with Gasteiger partial charge >= 0.3 is 5.97 Å². The number of nitrogens with zero attached hydrogens (tertiary/aromatic N) is 2. The van der Waals surface area contributed by atoms with Crippen molar-refractivity contribution in [1.82, 2.24) is 15.2 Å². The number of carbonyl (C=O) groups excluding carboxylic acids is 2. The van der Waals surface area contributed by atoms with Crippen molar-refractivity contribution in [2.75, 3.05) is 6.61 Å². The van der Waals surface area contributed by atoms with Gasteiger partial charge in [-0.2, -0.15) is 5.10 Å². The molecule has 116 valence electrons. The van der Waals surface area contributed by atoms with Crippen molar-refractivity contribution in [2.24, 2.45) is 0 Å². The minimum absolute atomic E-state index is 0.174. The van der Waals surface area contributed by atoms with Crippen LogP contribution in [0.4, 0.5) is 0 Å². The predicted molar refractivity (Wildman–Crippen MR) is 85.3 cm³/mol. The fourth-order valence-electron chi connectivity index (χ4n) is 2.52. The van der Waals surface area contributed by atoms with Gasteiger partial charge in [0.05, 0.1) is 12.1 Å². The molecule has 0 fully saturated rings. The van der Waals surface area contributed by atoms with E-state index in [1.165, 1.54) is 6.92 Å². The Hall–Kier alpha value is -3.02. The molecule has 0 aliphatic carbocycles. The monoisotopic (exact) mass is 309 g/mol. The van der Waals surface area contributed by atoms with Crippen molar-refractivity contribution in [2.45, 2.75) is 13.8 Å².